The van der Waals surface area contributed by atoms with Crippen molar-refractivity contribution in [3.05, 3.63) is 53.6 Å². The van der Waals surface area contributed by atoms with Crippen molar-refractivity contribution in [3.8, 4) is 17.2 Å². The highest BCUT2D eigenvalue weighted by Gasteiger charge is 2.13. The molecule has 0 aliphatic carbocycles. The number of amides is 2. The number of carbonyl (C=O) groups excluding carboxylic acids is 1. The molecule has 2 N–H and O–H groups in total. The van der Waals surface area contributed by atoms with Gasteiger partial charge in [-0.05, 0) is 36.6 Å². The van der Waals surface area contributed by atoms with E-state index in [1.807, 2.05) is 49.4 Å². The summed E-state index contributed by atoms with van der Waals surface area (Å²) < 4.78 is 16.0. The molecule has 0 heterocycles. The van der Waals surface area contributed by atoms with Gasteiger partial charge >= 0.3 is 6.03 Å². The number of benzene rings is 2. The molecule has 0 aliphatic rings. The Balaban J connectivity index is 1.90. The number of carbonyl (C=O) groups is 1. The predicted octanol–water partition coefficient (Wildman–Crippen LogP) is 3.32. The van der Waals surface area contributed by atoms with E-state index < -0.39 is 0 Å². The van der Waals surface area contributed by atoms with Crippen molar-refractivity contribution in [3.63, 3.8) is 0 Å². The molecule has 2 aromatic rings. The van der Waals surface area contributed by atoms with Gasteiger partial charge in [0.15, 0.2) is 11.5 Å². The summed E-state index contributed by atoms with van der Waals surface area (Å²) in [7, 11) is 4.73. The van der Waals surface area contributed by atoms with Gasteiger partial charge < -0.3 is 24.8 Å². The van der Waals surface area contributed by atoms with Crippen LogP contribution in [0.4, 0.5) is 4.79 Å². The van der Waals surface area contributed by atoms with Crippen LogP contribution in [0.2, 0.25) is 0 Å². The quantitative estimate of drug-likeness (QED) is 0.760. The molecule has 0 aliphatic heterocycles. The molecule has 0 saturated carbocycles. The molecule has 2 amide bonds. The molecule has 1 unspecified atom stereocenters. The van der Waals surface area contributed by atoms with Crippen LogP contribution in [0.15, 0.2) is 42.5 Å². The SMILES string of the molecule is COc1cc(CCNC(=O)NC(C)c2ccccc2)cc(OC)c1OC. The Kier molecular flexibility index (Phi) is 7.14. The summed E-state index contributed by atoms with van der Waals surface area (Å²) in [5, 5.41) is 5.80. The molecule has 6 heteroatoms. The summed E-state index contributed by atoms with van der Waals surface area (Å²) in [4.78, 5) is 12.1. The van der Waals surface area contributed by atoms with Crippen molar-refractivity contribution in [2.45, 2.75) is 19.4 Å². The van der Waals surface area contributed by atoms with Gasteiger partial charge in [0.1, 0.15) is 0 Å². The fourth-order valence-corrected chi connectivity index (χ4v) is 2.67. The van der Waals surface area contributed by atoms with E-state index in [4.69, 9.17) is 14.2 Å². The molecule has 6 nitrogen and oxygen atoms in total. The van der Waals surface area contributed by atoms with Crippen molar-refractivity contribution in [2.24, 2.45) is 0 Å². The Hall–Kier alpha value is -2.89. The minimum Gasteiger partial charge on any atom is -0.493 e. The normalized spacial score (nSPS) is 11.4. The largest absolute Gasteiger partial charge is 0.493 e. The van der Waals surface area contributed by atoms with Gasteiger partial charge in [-0.2, -0.15) is 0 Å². The van der Waals surface area contributed by atoms with E-state index in [0.29, 0.717) is 30.2 Å². The highest BCUT2D eigenvalue weighted by Crippen LogP contribution is 2.38. The summed E-state index contributed by atoms with van der Waals surface area (Å²) >= 11 is 0. The van der Waals surface area contributed by atoms with Crippen LogP contribution in [-0.2, 0) is 6.42 Å². The second-order valence-corrected chi connectivity index (χ2v) is 5.82. The van der Waals surface area contributed by atoms with E-state index in [9.17, 15) is 4.79 Å². The molecular weight excluding hydrogens is 332 g/mol. The lowest BCUT2D eigenvalue weighted by atomic mass is 10.1. The average Bonchev–Trinajstić information content (AvgIpc) is 2.67. The second kappa shape index (κ2) is 9.56. The molecule has 0 aromatic heterocycles. The monoisotopic (exact) mass is 358 g/mol. The second-order valence-electron chi connectivity index (χ2n) is 5.82. The Labute approximate surface area is 154 Å². The molecule has 140 valence electrons. The molecular formula is C20H26N2O4. The summed E-state index contributed by atoms with van der Waals surface area (Å²) in [5.41, 5.74) is 2.04. The first-order chi connectivity index (χ1) is 12.6. The van der Waals surface area contributed by atoms with E-state index >= 15 is 0 Å². The zero-order valence-electron chi connectivity index (χ0n) is 15.7. The Morgan fingerprint density at radius 2 is 1.62 bits per heavy atom. The molecule has 0 bridgehead atoms. The number of nitrogens with one attached hydrogen (secondary N) is 2. The van der Waals surface area contributed by atoms with Crippen LogP contribution < -0.4 is 24.8 Å². The average molecular weight is 358 g/mol. The fraction of sp³-hybridized carbons (Fsp3) is 0.350. The van der Waals surface area contributed by atoms with Crippen molar-refractivity contribution in [1.29, 1.82) is 0 Å². The summed E-state index contributed by atoms with van der Waals surface area (Å²) in [6.07, 6.45) is 0.643. The fourth-order valence-electron chi connectivity index (χ4n) is 2.67. The number of methoxy groups -OCH3 is 3. The third kappa shape index (κ3) is 5.05. The van der Waals surface area contributed by atoms with Crippen molar-refractivity contribution < 1.29 is 19.0 Å². The first kappa shape index (κ1) is 19.4. The van der Waals surface area contributed by atoms with Gasteiger partial charge in [0.25, 0.3) is 0 Å². The van der Waals surface area contributed by atoms with Crippen molar-refractivity contribution in [1.82, 2.24) is 10.6 Å². The van der Waals surface area contributed by atoms with Gasteiger partial charge in [0.05, 0.1) is 27.4 Å². The maximum Gasteiger partial charge on any atom is 0.315 e. The van der Waals surface area contributed by atoms with Crippen LogP contribution in [0.25, 0.3) is 0 Å². The van der Waals surface area contributed by atoms with E-state index in [2.05, 4.69) is 10.6 Å². The first-order valence-electron chi connectivity index (χ1n) is 8.47. The highest BCUT2D eigenvalue weighted by atomic mass is 16.5. The lowest BCUT2D eigenvalue weighted by Gasteiger charge is -2.16. The number of hydrogen-bond acceptors (Lipinski definition) is 4. The summed E-state index contributed by atoms with van der Waals surface area (Å²) in [6.45, 7) is 2.44. The topological polar surface area (TPSA) is 68.8 Å². The number of hydrogen-bond donors (Lipinski definition) is 2. The zero-order chi connectivity index (χ0) is 18.9. The Bertz CT molecular complexity index is 694. The molecule has 0 saturated heterocycles. The van der Waals surface area contributed by atoms with Gasteiger partial charge in [0, 0.05) is 6.54 Å². The maximum absolute atomic E-state index is 12.1. The van der Waals surface area contributed by atoms with E-state index in [-0.39, 0.29) is 12.1 Å². The Morgan fingerprint density at radius 1 is 1.00 bits per heavy atom. The van der Waals surface area contributed by atoms with E-state index in [0.717, 1.165) is 11.1 Å². The van der Waals surface area contributed by atoms with Gasteiger partial charge in [-0.25, -0.2) is 4.79 Å². The van der Waals surface area contributed by atoms with Crippen molar-refractivity contribution in [2.75, 3.05) is 27.9 Å². The zero-order valence-corrected chi connectivity index (χ0v) is 15.7. The molecule has 1 atom stereocenters. The standard InChI is InChI=1S/C20H26N2O4/c1-14(16-8-6-5-7-9-16)22-20(23)21-11-10-15-12-17(24-2)19(26-4)18(13-15)25-3/h5-9,12-14H,10-11H2,1-4H3,(H2,21,22,23). The van der Waals surface area contributed by atoms with Gasteiger partial charge in [-0.1, -0.05) is 30.3 Å². The molecule has 0 radical (unpaired) electrons. The third-order valence-electron chi connectivity index (χ3n) is 4.07. The molecule has 26 heavy (non-hydrogen) atoms. The third-order valence-corrected chi connectivity index (χ3v) is 4.07. The lowest BCUT2D eigenvalue weighted by molar-refractivity contribution is 0.238. The molecule has 0 fully saturated rings. The number of urea groups is 1. The van der Waals surface area contributed by atoms with E-state index in [1.165, 1.54) is 0 Å². The summed E-state index contributed by atoms with van der Waals surface area (Å²) in [6, 6.07) is 13.3. The van der Waals surface area contributed by atoms with Crippen LogP contribution >= 0.6 is 0 Å². The predicted molar refractivity (Wildman–Crippen MR) is 101 cm³/mol. The van der Waals surface area contributed by atoms with Gasteiger partial charge in [-0.15, -0.1) is 0 Å². The van der Waals surface area contributed by atoms with Crippen LogP contribution in [0, 0.1) is 0 Å². The lowest BCUT2D eigenvalue weighted by Crippen LogP contribution is -2.38. The van der Waals surface area contributed by atoms with Crippen LogP contribution in [0.5, 0.6) is 17.2 Å². The van der Waals surface area contributed by atoms with Gasteiger partial charge in [-0.3, -0.25) is 0 Å². The number of rotatable bonds is 8. The highest BCUT2D eigenvalue weighted by molar-refractivity contribution is 5.74. The molecule has 2 rings (SSSR count). The van der Waals surface area contributed by atoms with Crippen LogP contribution in [0.3, 0.4) is 0 Å². The maximum atomic E-state index is 12.1. The summed E-state index contributed by atoms with van der Waals surface area (Å²) in [5.74, 6) is 1.76. The smallest absolute Gasteiger partial charge is 0.315 e. The first-order valence-corrected chi connectivity index (χ1v) is 8.47. The molecule has 2 aromatic carbocycles. The van der Waals surface area contributed by atoms with Crippen molar-refractivity contribution >= 4 is 6.03 Å². The Morgan fingerprint density at radius 3 is 2.15 bits per heavy atom. The minimum atomic E-state index is -0.200. The number of ether oxygens (including phenoxy) is 3. The van der Waals surface area contributed by atoms with Crippen LogP contribution in [-0.4, -0.2) is 33.9 Å². The minimum absolute atomic E-state index is 0.0580. The van der Waals surface area contributed by atoms with Crippen LogP contribution in [0.1, 0.15) is 24.1 Å². The van der Waals surface area contributed by atoms with Gasteiger partial charge in [0.2, 0.25) is 5.75 Å². The molecule has 0 spiro atoms. The van der Waals surface area contributed by atoms with E-state index in [1.54, 1.807) is 21.3 Å².